The number of alkyl halides is 1. The molecule has 0 aromatic heterocycles. The van der Waals surface area contributed by atoms with Crippen LogP contribution in [0.1, 0.15) is 52.4 Å². The minimum atomic E-state index is 0.459. The van der Waals surface area contributed by atoms with Gasteiger partial charge in [0.25, 0.3) is 0 Å². The van der Waals surface area contributed by atoms with Crippen molar-refractivity contribution in [2.24, 2.45) is 0 Å². The third-order valence-corrected chi connectivity index (χ3v) is 4.32. The van der Waals surface area contributed by atoms with Crippen molar-refractivity contribution in [2.45, 2.75) is 70.6 Å². The first-order valence-corrected chi connectivity index (χ1v) is 7.64. The number of rotatable bonds is 7. The molecule has 1 aliphatic carbocycles. The van der Waals surface area contributed by atoms with Crippen molar-refractivity contribution in [1.82, 2.24) is 4.90 Å². The van der Waals surface area contributed by atoms with E-state index in [0.29, 0.717) is 18.2 Å². The van der Waals surface area contributed by atoms with Crippen LogP contribution in [0.3, 0.4) is 0 Å². The number of nitrogens with zero attached hydrogens (tertiary/aromatic N) is 1. The minimum Gasteiger partial charge on any atom is -0.381 e. The molecule has 0 spiro atoms. The van der Waals surface area contributed by atoms with E-state index in [4.69, 9.17) is 16.3 Å². The van der Waals surface area contributed by atoms with Crippen LogP contribution in [-0.4, -0.2) is 42.6 Å². The van der Waals surface area contributed by atoms with Gasteiger partial charge < -0.3 is 4.74 Å². The lowest BCUT2D eigenvalue weighted by Crippen LogP contribution is -2.47. The van der Waals surface area contributed by atoms with Crippen molar-refractivity contribution < 1.29 is 4.74 Å². The Morgan fingerprint density at radius 3 is 2.53 bits per heavy atom. The zero-order valence-corrected chi connectivity index (χ0v) is 12.4. The maximum Gasteiger partial charge on any atom is 0.0586 e. The third-order valence-electron chi connectivity index (χ3n) is 4.15. The van der Waals surface area contributed by atoms with Gasteiger partial charge in [-0.2, -0.15) is 0 Å². The number of ether oxygens (including phenoxy) is 1. The van der Waals surface area contributed by atoms with E-state index in [1.165, 1.54) is 38.5 Å². The van der Waals surface area contributed by atoms with Gasteiger partial charge in [-0.1, -0.05) is 13.8 Å². The number of methoxy groups -OCH3 is 1. The average molecular weight is 262 g/mol. The first-order valence-electron chi connectivity index (χ1n) is 7.11. The van der Waals surface area contributed by atoms with Gasteiger partial charge >= 0.3 is 0 Å². The molecular formula is C14H28ClNO. The Hall–Kier alpha value is 0.210. The quantitative estimate of drug-likeness (QED) is 0.649. The molecule has 1 aliphatic rings. The van der Waals surface area contributed by atoms with Crippen LogP contribution in [0.15, 0.2) is 0 Å². The lowest BCUT2D eigenvalue weighted by molar-refractivity contribution is 0.0149. The van der Waals surface area contributed by atoms with E-state index in [9.17, 15) is 0 Å². The standard InChI is InChI=1S/C14H28ClNO/c1-4-12(5-2)16(10-9-15)13-7-6-8-14(11-13)17-3/h12-14H,4-11H2,1-3H3. The maximum absolute atomic E-state index is 5.97. The zero-order valence-electron chi connectivity index (χ0n) is 11.6. The fourth-order valence-electron chi connectivity index (χ4n) is 3.15. The lowest BCUT2D eigenvalue weighted by Gasteiger charge is -2.41. The van der Waals surface area contributed by atoms with Crippen LogP contribution in [0.2, 0.25) is 0 Å². The molecule has 1 saturated carbocycles. The summed E-state index contributed by atoms with van der Waals surface area (Å²) < 4.78 is 5.54. The van der Waals surface area contributed by atoms with Gasteiger partial charge in [0.15, 0.2) is 0 Å². The van der Waals surface area contributed by atoms with Crippen molar-refractivity contribution in [3.05, 3.63) is 0 Å². The highest BCUT2D eigenvalue weighted by atomic mass is 35.5. The lowest BCUT2D eigenvalue weighted by atomic mass is 9.90. The van der Waals surface area contributed by atoms with Crippen molar-refractivity contribution in [3.63, 3.8) is 0 Å². The van der Waals surface area contributed by atoms with Gasteiger partial charge in [-0.05, 0) is 38.5 Å². The van der Waals surface area contributed by atoms with Crippen LogP contribution in [0.5, 0.6) is 0 Å². The van der Waals surface area contributed by atoms with Crippen molar-refractivity contribution in [2.75, 3.05) is 19.5 Å². The van der Waals surface area contributed by atoms with Gasteiger partial charge in [0, 0.05) is 31.6 Å². The largest absolute Gasteiger partial charge is 0.381 e. The van der Waals surface area contributed by atoms with E-state index in [1.807, 2.05) is 7.11 Å². The molecule has 102 valence electrons. The molecule has 0 aliphatic heterocycles. The third kappa shape index (κ3) is 4.42. The van der Waals surface area contributed by atoms with Crippen LogP contribution in [-0.2, 0) is 4.74 Å². The van der Waals surface area contributed by atoms with Crippen molar-refractivity contribution in [1.29, 1.82) is 0 Å². The number of hydrogen-bond acceptors (Lipinski definition) is 2. The summed E-state index contributed by atoms with van der Waals surface area (Å²) in [6.07, 6.45) is 7.92. The van der Waals surface area contributed by atoms with Crippen LogP contribution < -0.4 is 0 Å². The van der Waals surface area contributed by atoms with Crippen molar-refractivity contribution in [3.8, 4) is 0 Å². The molecule has 0 aromatic rings. The second-order valence-corrected chi connectivity index (χ2v) is 5.45. The molecule has 0 radical (unpaired) electrons. The highest BCUT2D eigenvalue weighted by molar-refractivity contribution is 6.18. The predicted molar refractivity (Wildman–Crippen MR) is 74.8 cm³/mol. The summed E-state index contributed by atoms with van der Waals surface area (Å²) in [4.78, 5) is 2.64. The molecule has 2 atom stereocenters. The van der Waals surface area contributed by atoms with E-state index in [0.717, 1.165) is 12.4 Å². The Morgan fingerprint density at radius 1 is 1.29 bits per heavy atom. The Balaban J connectivity index is 2.61. The van der Waals surface area contributed by atoms with Gasteiger partial charge in [0.2, 0.25) is 0 Å². The normalized spacial score (nSPS) is 25.8. The monoisotopic (exact) mass is 261 g/mol. The molecule has 1 fully saturated rings. The molecular weight excluding hydrogens is 234 g/mol. The Labute approximate surface area is 112 Å². The average Bonchev–Trinajstić information content (AvgIpc) is 2.39. The SMILES string of the molecule is CCC(CC)N(CCCl)C1CCCC(OC)C1. The first kappa shape index (κ1) is 15.3. The summed E-state index contributed by atoms with van der Waals surface area (Å²) in [6.45, 7) is 5.59. The zero-order chi connectivity index (χ0) is 12.7. The smallest absolute Gasteiger partial charge is 0.0586 e. The second-order valence-electron chi connectivity index (χ2n) is 5.08. The fraction of sp³-hybridized carbons (Fsp3) is 1.00. The molecule has 2 nitrogen and oxygen atoms in total. The van der Waals surface area contributed by atoms with Gasteiger partial charge in [-0.15, -0.1) is 11.6 Å². The summed E-state index contributed by atoms with van der Waals surface area (Å²) in [6, 6.07) is 1.37. The molecule has 3 heteroatoms. The summed E-state index contributed by atoms with van der Waals surface area (Å²) in [5.74, 6) is 0.741. The summed E-state index contributed by atoms with van der Waals surface area (Å²) in [5, 5.41) is 0. The van der Waals surface area contributed by atoms with E-state index >= 15 is 0 Å². The molecule has 2 unspecified atom stereocenters. The highest BCUT2D eigenvalue weighted by Crippen LogP contribution is 2.27. The van der Waals surface area contributed by atoms with Gasteiger partial charge in [0.1, 0.15) is 0 Å². The first-order chi connectivity index (χ1) is 8.26. The summed E-state index contributed by atoms with van der Waals surface area (Å²) in [7, 11) is 1.84. The molecule has 0 saturated heterocycles. The van der Waals surface area contributed by atoms with Gasteiger partial charge in [-0.3, -0.25) is 4.90 Å². The van der Waals surface area contributed by atoms with Gasteiger partial charge in [-0.25, -0.2) is 0 Å². The van der Waals surface area contributed by atoms with Crippen LogP contribution >= 0.6 is 11.6 Å². The Kier molecular flexibility index (Phi) is 7.49. The fourth-order valence-corrected chi connectivity index (χ4v) is 3.35. The molecule has 0 N–H and O–H groups in total. The topological polar surface area (TPSA) is 12.5 Å². The Morgan fingerprint density at radius 2 is 2.00 bits per heavy atom. The van der Waals surface area contributed by atoms with Gasteiger partial charge in [0.05, 0.1) is 6.10 Å². The molecule has 0 amide bonds. The van der Waals surface area contributed by atoms with E-state index < -0.39 is 0 Å². The molecule has 0 aromatic carbocycles. The van der Waals surface area contributed by atoms with E-state index in [2.05, 4.69) is 18.7 Å². The molecule has 1 rings (SSSR count). The predicted octanol–water partition coefficient (Wildman–Crippen LogP) is 3.67. The molecule has 17 heavy (non-hydrogen) atoms. The molecule has 0 bridgehead atoms. The van der Waals surface area contributed by atoms with Crippen LogP contribution in [0.4, 0.5) is 0 Å². The van der Waals surface area contributed by atoms with Crippen LogP contribution in [0.25, 0.3) is 0 Å². The minimum absolute atomic E-state index is 0.459. The number of hydrogen-bond donors (Lipinski definition) is 0. The van der Waals surface area contributed by atoms with Crippen molar-refractivity contribution >= 4 is 11.6 Å². The summed E-state index contributed by atoms with van der Waals surface area (Å²) in [5.41, 5.74) is 0. The molecule has 0 heterocycles. The second kappa shape index (κ2) is 8.34. The van der Waals surface area contributed by atoms with Crippen LogP contribution in [0, 0.1) is 0 Å². The summed E-state index contributed by atoms with van der Waals surface area (Å²) >= 11 is 5.97. The number of halogens is 1. The maximum atomic E-state index is 5.97. The van der Waals surface area contributed by atoms with E-state index in [1.54, 1.807) is 0 Å². The highest BCUT2D eigenvalue weighted by Gasteiger charge is 2.29. The van der Waals surface area contributed by atoms with E-state index in [-0.39, 0.29) is 0 Å². The Bertz CT molecular complexity index is 197.